The van der Waals surface area contributed by atoms with Crippen molar-refractivity contribution >= 4 is 11.9 Å². The van der Waals surface area contributed by atoms with Gasteiger partial charge in [-0.1, -0.05) is 0 Å². The highest BCUT2D eigenvalue weighted by molar-refractivity contribution is 5.56. The summed E-state index contributed by atoms with van der Waals surface area (Å²) in [6.07, 6.45) is 7.37. The molecule has 1 saturated heterocycles. The fraction of sp³-hybridized carbons (Fsp3) is 0.538. The Bertz CT molecular complexity index is 586. The van der Waals surface area contributed by atoms with Crippen molar-refractivity contribution in [2.75, 3.05) is 30.4 Å². The van der Waals surface area contributed by atoms with Gasteiger partial charge in [-0.05, 0) is 19.3 Å². The summed E-state index contributed by atoms with van der Waals surface area (Å²) in [6, 6.07) is 0. The second kappa shape index (κ2) is 5.44. The van der Waals surface area contributed by atoms with E-state index < -0.39 is 0 Å². The Hall–Kier alpha value is -2.18. The molecular weight excluding hydrogens is 254 g/mol. The van der Waals surface area contributed by atoms with Crippen LogP contribution in [0.1, 0.15) is 19.3 Å². The van der Waals surface area contributed by atoms with Gasteiger partial charge in [0.2, 0.25) is 11.9 Å². The van der Waals surface area contributed by atoms with Gasteiger partial charge in [0.25, 0.3) is 0 Å². The number of hydrogen-bond acceptors (Lipinski definition) is 6. The second-order valence-electron chi connectivity index (χ2n) is 4.98. The number of hydrogen-bond donors (Lipinski definition) is 1. The largest absolute Gasteiger partial charge is 0.357 e. The van der Waals surface area contributed by atoms with Gasteiger partial charge in [-0.25, -0.2) is 0 Å². The number of nitrogens with zero attached hydrogens (tertiary/aromatic N) is 6. The summed E-state index contributed by atoms with van der Waals surface area (Å²) in [4.78, 5) is 15.7. The van der Waals surface area contributed by atoms with Crippen molar-refractivity contribution < 1.29 is 0 Å². The van der Waals surface area contributed by atoms with E-state index in [-0.39, 0.29) is 0 Å². The summed E-state index contributed by atoms with van der Waals surface area (Å²) in [6.45, 7) is 2.03. The van der Waals surface area contributed by atoms with E-state index in [2.05, 4.69) is 30.3 Å². The van der Waals surface area contributed by atoms with Crippen LogP contribution in [0.3, 0.4) is 0 Å². The van der Waals surface area contributed by atoms with Crippen LogP contribution >= 0.6 is 0 Å². The number of aromatic nitrogens is 5. The molecular formula is C13H19N7. The van der Waals surface area contributed by atoms with E-state index in [1.165, 1.54) is 19.3 Å². The summed E-state index contributed by atoms with van der Waals surface area (Å²) < 4.78 is 1.75. The number of anilines is 2. The van der Waals surface area contributed by atoms with Gasteiger partial charge >= 0.3 is 0 Å². The smallest absolute Gasteiger partial charge is 0.230 e. The van der Waals surface area contributed by atoms with Crippen LogP contribution < -0.4 is 10.2 Å². The molecule has 0 radical (unpaired) electrons. The predicted octanol–water partition coefficient (Wildman–Crippen LogP) is 1.30. The highest BCUT2D eigenvalue weighted by Gasteiger charge is 2.17. The molecule has 0 spiro atoms. The maximum absolute atomic E-state index is 4.60. The zero-order chi connectivity index (χ0) is 13.9. The Morgan fingerprint density at radius 3 is 2.55 bits per heavy atom. The molecule has 3 heterocycles. The lowest BCUT2D eigenvalue weighted by Gasteiger charge is -2.26. The first kappa shape index (κ1) is 12.8. The maximum atomic E-state index is 4.60. The Balaban J connectivity index is 1.97. The van der Waals surface area contributed by atoms with E-state index in [0.717, 1.165) is 24.6 Å². The van der Waals surface area contributed by atoms with Gasteiger partial charge in [-0.3, -0.25) is 4.68 Å². The fourth-order valence-electron chi connectivity index (χ4n) is 2.38. The Kier molecular flexibility index (Phi) is 3.49. The SMILES string of the molecule is CNc1nc(-c2cnn(C)c2)nc(N2CCCCC2)n1. The third-order valence-electron chi connectivity index (χ3n) is 3.45. The standard InChI is InChI=1S/C13H19N7/c1-14-12-16-11(10-8-15-19(2)9-10)17-13(18-12)20-6-4-3-5-7-20/h8-9H,3-7H2,1-2H3,(H,14,16,17,18). The number of aryl methyl sites for hydroxylation is 1. The van der Waals surface area contributed by atoms with Crippen LogP contribution in [0.4, 0.5) is 11.9 Å². The molecule has 2 aromatic heterocycles. The van der Waals surface area contributed by atoms with Gasteiger partial charge in [0, 0.05) is 33.4 Å². The van der Waals surface area contributed by atoms with E-state index >= 15 is 0 Å². The Morgan fingerprint density at radius 2 is 1.90 bits per heavy atom. The van der Waals surface area contributed by atoms with Gasteiger partial charge < -0.3 is 10.2 Å². The summed E-state index contributed by atoms with van der Waals surface area (Å²) in [5.41, 5.74) is 0.907. The molecule has 7 heteroatoms. The highest BCUT2D eigenvalue weighted by Crippen LogP contribution is 2.21. The van der Waals surface area contributed by atoms with Gasteiger partial charge in [0.15, 0.2) is 5.82 Å². The number of nitrogens with one attached hydrogen (secondary N) is 1. The zero-order valence-corrected chi connectivity index (χ0v) is 11.9. The topological polar surface area (TPSA) is 71.8 Å². The van der Waals surface area contributed by atoms with Crippen LogP contribution in [0.25, 0.3) is 11.4 Å². The Morgan fingerprint density at radius 1 is 1.10 bits per heavy atom. The minimum absolute atomic E-state index is 0.597. The molecule has 1 fully saturated rings. The maximum Gasteiger partial charge on any atom is 0.230 e. The lowest BCUT2D eigenvalue weighted by Crippen LogP contribution is -2.31. The van der Waals surface area contributed by atoms with Crippen LogP contribution in [-0.4, -0.2) is 44.9 Å². The highest BCUT2D eigenvalue weighted by atomic mass is 15.3. The third-order valence-corrected chi connectivity index (χ3v) is 3.45. The zero-order valence-electron chi connectivity index (χ0n) is 11.9. The minimum Gasteiger partial charge on any atom is -0.357 e. The normalized spacial score (nSPS) is 15.4. The minimum atomic E-state index is 0.597. The summed E-state index contributed by atoms with van der Waals surface area (Å²) in [7, 11) is 3.71. The predicted molar refractivity (Wildman–Crippen MR) is 77.6 cm³/mol. The van der Waals surface area contributed by atoms with Crippen molar-refractivity contribution in [3.8, 4) is 11.4 Å². The van der Waals surface area contributed by atoms with Crippen molar-refractivity contribution in [3.63, 3.8) is 0 Å². The van der Waals surface area contributed by atoms with Crippen molar-refractivity contribution in [2.45, 2.75) is 19.3 Å². The molecule has 0 aromatic carbocycles. The molecule has 0 bridgehead atoms. The quantitative estimate of drug-likeness (QED) is 0.909. The summed E-state index contributed by atoms with van der Waals surface area (Å²) in [5.74, 6) is 2.01. The van der Waals surface area contributed by atoms with Gasteiger partial charge in [0.05, 0.1) is 11.8 Å². The monoisotopic (exact) mass is 273 g/mol. The summed E-state index contributed by atoms with van der Waals surface area (Å²) >= 11 is 0. The van der Waals surface area contributed by atoms with E-state index in [4.69, 9.17) is 0 Å². The lowest BCUT2D eigenvalue weighted by molar-refractivity contribution is 0.568. The van der Waals surface area contributed by atoms with Crippen molar-refractivity contribution in [2.24, 2.45) is 7.05 Å². The molecule has 0 atom stereocenters. The van der Waals surface area contributed by atoms with Gasteiger partial charge in [-0.15, -0.1) is 0 Å². The number of rotatable bonds is 3. The van der Waals surface area contributed by atoms with Crippen LogP contribution in [0.5, 0.6) is 0 Å². The third kappa shape index (κ3) is 2.56. The molecule has 1 N–H and O–H groups in total. The van der Waals surface area contributed by atoms with E-state index in [1.54, 1.807) is 10.9 Å². The summed E-state index contributed by atoms with van der Waals surface area (Å²) in [5, 5.41) is 7.18. The van der Waals surface area contributed by atoms with Gasteiger partial charge in [0.1, 0.15) is 0 Å². The first-order valence-corrected chi connectivity index (χ1v) is 6.94. The van der Waals surface area contributed by atoms with E-state index in [1.807, 2.05) is 20.3 Å². The van der Waals surface area contributed by atoms with Crippen molar-refractivity contribution in [1.29, 1.82) is 0 Å². The number of piperidine rings is 1. The van der Waals surface area contributed by atoms with E-state index in [0.29, 0.717) is 11.8 Å². The molecule has 7 nitrogen and oxygen atoms in total. The van der Waals surface area contributed by atoms with Crippen LogP contribution in [0, 0.1) is 0 Å². The van der Waals surface area contributed by atoms with Crippen molar-refractivity contribution in [1.82, 2.24) is 24.7 Å². The molecule has 0 amide bonds. The Labute approximate surface area is 118 Å². The average molecular weight is 273 g/mol. The molecule has 106 valence electrons. The lowest BCUT2D eigenvalue weighted by atomic mass is 10.1. The first-order valence-electron chi connectivity index (χ1n) is 6.94. The molecule has 1 aliphatic heterocycles. The van der Waals surface area contributed by atoms with Crippen LogP contribution in [-0.2, 0) is 7.05 Å². The van der Waals surface area contributed by atoms with E-state index in [9.17, 15) is 0 Å². The molecule has 20 heavy (non-hydrogen) atoms. The fourth-order valence-corrected chi connectivity index (χ4v) is 2.38. The van der Waals surface area contributed by atoms with Crippen molar-refractivity contribution in [3.05, 3.63) is 12.4 Å². The first-order chi connectivity index (χ1) is 9.76. The van der Waals surface area contributed by atoms with Crippen LogP contribution in [0.2, 0.25) is 0 Å². The molecule has 2 aromatic rings. The molecule has 1 aliphatic rings. The molecule has 0 saturated carbocycles. The van der Waals surface area contributed by atoms with Crippen LogP contribution in [0.15, 0.2) is 12.4 Å². The molecule has 0 unspecified atom stereocenters. The van der Waals surface area contributed by atoms with Gasteiger partial charge in [-0.2, -0.15) is 20.1 Å². The second-order valence-corrected chi connectivity index (χ2v) is 4.98. The average Bonchev–Trinajstić information content (AvgIpc) is 2.94. The molecule has 3 rings (SSSR count). The molecule has 0 aliphatic carbocycles.